The van der Waals surface area contributed by atoms with Crippen LogP contribution < -0.4 is 0 Å². The molecule has 0 aromatic heterocycles. The number of ether oxygens (including phenoxy) is 1. The molecule has 2 aliphatic heterocycles. The number of hydrogen-bond acceptors (Lipinski definition) is 5. The normalized spacial score (nSPS) is 21.6. The predicted octanol–water partition coefficient (Wildman–Crippen LogP) is 5.73. The Kier molecular flexibility index (Phi) is 9.75. The van der Waals surface area contributed by atoms with Crippen molar-refractivity contribution in [1.29, 1.82) is 0 Å². The van der Waals surface area contributed by atoms with Crippen LogP contribution in [0.4, 0.5) is 0 Å². The fourth-order valence-corrected chi connectivity index (χ4v) is 4.60. The van der Waals surface area contributed by atoms with Crippen LogP contribution >= 0.6 is 11.6 Å². The van der Waals surface area contributed by atoms with Crippen LogP contribution in [-0.4, -0.2) is 48.8 Å². The van der Waals surface area contributed by atoms with E-state index in [-0.39, 0.29) is 18.5 Å². The van der Waals surface area contributed by atoms with E-state index in [4.69, 9.17) is 21.2 Å². The summed E-state index contributed by atoms with van der Waals surface area (Å²) < 4.78 is 5.54. The smallest absolute Gasteiger partial charge is 0.338 e. The number of nitrogens with zero attached hydrogens (tertiary/aromatic N) is 2. The van der Waals surface area contributed by atoms with Gasteiger partial charge in [-0.15, -0.1) is 0 Å². The van der Waals surface area contributed by atoms with Gasteiger partial charge in [0.2, 0.25) is 0 Å². The van der Waals surface area contributed by atoms with Crippen LogP contribution in [0.3, 0.4) is 0 Å². The first-order valence-corrected chi connectivity index (χ1v) is 12.5. The molecule has 7 heteroatoms. The van der Waals surface area contributed by atoms with Gasteiger partial charge < -0.3 is 14.5 Å². The minimum atomic E-state index is -0.388. The number of cyclic esters (lactones) is 1. The van der Waals surface area contributed by atoms with Gasteiger partial charge in [0, 0.05) is 24.5 Å². The van der Waals surface area contributed by atoms with Gasteiger partial charge in [0.15, 0.2) is 6.61 Å². The maximum atomic E-state index is 13.0. The predicted molar refractivity (Wildman–Crippen MR) is 135 cm³/mol. The Morgan fingerprint density at radius 3 is 2.62 bits per heavy atom. The third-order valence-electron chi connectivity index (χ3n) is 6.18. The minimum Gasteiger partial charge on any atom is -0.462 e. The molecule has 0 unspecified atom stereocenters. The number of carbonyl (C=O) groups excluding carboxylic acids is 2. The van der Waals surface area contributed by atoms with Crippen LogP contribution in [0, 0.1) is 13.8 Å². The number of aryl methyl sites for hydroxylation is 2. The van der Waals surface area contributed by atoms with E-state index in [1.54, 1.807) is 0 Å². The Hall–Kier alpha value is -2.60. The van der Waals surface area contributed by atoms with Crippen molar-refractivity contribution in [3.63, 3.8) is 0 Å². The zero-order valence-corrected chi connectivity index (χ0v) is 21.2. The number of halogens is 1. The topological polar surface area (TPSA) is 68.2 Å². The van der Waals surface area contributed by atoms with Crippen LogP contribution in [0.25, 0.3) is 0 Å². The van der Waals surface area contributed by atoms with Gasteiger partial charge in [0.1, 0.15) is 0 Å². The molecule has 0 saturated carbocycles. The lowest BCUT2D eigenvalue weighted by Crippen LogP contribution is -2.37. The second kappa shape index (κ2) is 12.7. The summed E-state index contributed by atoms with van der Waals surface area (Å²) >= 11 is 6.69. The average Bonchev–Trinajstić information content (AvgIpc) is 2.81. The van der Waals surface area contributed by atoms with Gasteiger partial charge >= 0.3 is 5.97 Å². The van der Waals surface area contributed by atoms with Gasteiger partial charge in [-0.1, -0.05) is 40.5 Å². The fraction of sp³-hybridized carbons (Fsp3) is 0.519. The van der Waals surface area contributed by atoms with Gasteiger partial charge in [0.05, 0.1) is 17.9 Å². The van der Waals surface area contributed by atoms with E-state index in [0.717, 1.165) is 61.9 Å². The van der Waals surface area contributed by atoms with E-state index >= 15 is 0 Å². The number of benzene rings is 1. The molecule has 1 saturated heterocycles. The molecular formula is C27H35ClN2O4. The Balaban J connectivity index is 1.91. The van der Waals surface area contributed by atoms with Crippen molar-refractivity contribution in [3.8, 4) is 0 Å². The highest BCUT2D eigenvalue weighted by Crippen LogP contribution is 2.29. The number of piperidine rings is 1. The molecule has 2 heterocycles. The molecule has 1 aromatic rings. The van der Waals surface area contributed by atoms with Crippen LogP contribution in [0.5, 0.6) is 0 Å². The molecule has 0 radical (unpaired) electrons. The maximum Gasteiger partial charge on any atom is 0.338 e. The van der Waals surface area contributed by atoms with Crippen molar-refractivity contribution in [2.75, 3.05) is 26.3 Å². The molecule has 1 fully saturated rings. The summed E-state index contributed by atoms with van der Waals surface area (Å²) in [4.78, 5) is 32.8. The summed E-state index contributed by atoms with van der Waals surface area (Å²) in [6, 6.07) is 1.90. The number of fused-ring (bicyclic) bond motifs is 1. The molecule has 184 valence electrons. The van der Waals surface area contributed by atoms with Crippen LogP contribution in [0.15, 0.2) is 35.0 Å². The first kappa shape index (κ1) is 26.0. The lowest BCUT2D eigenvalue weighted by atomic mass is 9.94. The molecule has 1 amide bonds. The third kappa shape index (κ3) is 7.20. The molecule has 2 aliphatic rings. The summed E-state index contributed by atoms with van der Waals surface area (Å²) in [5, 5.41) is 4.85. The highest BCUT2D eigenvalue weighted by atomic mass is 35.5. The van der Waals surface area contributed by atoms with Crippen LogP contribution in [-0.2, 0) is 20.8 Å². The minimum absolute atomic E-state index is 0.0514. The SMILES string of the molecule is C/C1=C\C(=N\OCC(=O)N2CCCCC2)Cc2c(Cl)c(C)cc(C)c2C(=O)OCC/C=C/CC1. The number of hydrogen-bond donors (Lipinski definition) is 0. The molecule has 6 nitrogen and oxygen atoms in total. The molecule has 1 aromatic carbocycles. The molecule has 0 aliphatic carbocycles. The number of likely N-dealkylation sites (tertiary alicyclic amines) is 1. The standard InChI is InChI=1S/C27H35ClN2O4/c1-19-11-7-4-5-10-14-33-27(32)25-20(2)16-21(3)26(28)23(25)17-22(15-19)29-34-18-24(31)30-12-8-6-9-13-30/h4-5,15-16H,6-14,17-18H2,1-3H3/b5-4+,19-15+,29-22-. The zero-order chi connectivity index (χ0) is 24.5. The van der Waals surface area contributed by atoms with Gasteiger partial charge in [-0.2, -0.15) is 0 Å². The number of esters is 1. The van der Waals surface area contributed by atoms with Crippen molar-refractivity contribution in [1.82, 2.24) is 4.90 Å². The van der Waals surface area contributed by atoms with Crippen molar-refractivity contribution in [3.05, 3.63) is 57.1 Å². The largest absolute Gasteiger partial charge is 0.462 e. The van der Waals surface area contributed by atoms with Crippen LogP contribution in [0.1, 0.15) is 72.5 Å². The molecule has 0 atom stereocenters. The van der Waals surface area contributed by atoms with Crippen molar-refractivity contribution < 1.29 is 19.2 Å². The number of amides is 1. The molecule has 0 spiro atoms. The van der Waals surface area contributed by atoms with E-state index in [2.05, 4.69) is 11.2 Å². The van der Waals surface area contributed by atoms with E-state index in [1.807, 2.05) is 43.9 Å². The van der Waals surface area contributed by atoms with Gasteiger partial charge in [-0.25, -0.2) is 4.79 Å². The number of carbonyl (C=O) groups is 2. The van der Waals surface area contributed by atoms with Crippen molar-refractivity contribution in [2.24, 2.45) is 5.16 Å². The van der Waals surface area contributed by atoms with Crippen molar-refractivity contribution >= 4 is 29.2 Å². The molecule has 3 rings (SSSR count). The Bertz CT molecular complexity index is 991. The number of rotatable bonds is 3. The highest BCUT2D eigenvalue weighted by molar-refractivity contribution is 6.33. The lowest BCUT2D eigenvalue weighted by Gasteiger charge is -2.26. The first-order chi connectivity index (χ1) is 16.4. The summed E-state index contributed by atoms with van der Waals surface area (Å²) in [6.07, 6.45) is 12.0. The van der Waals surface area contributed by atoms with E-state index < -0.39 is 0 Å². The second-order valence-electron chi connectivity index (χ2n) is 9.08. The van der Waals surface area contributed by atoms with E-state index in [1.165, 1.54) is 0 Å². The highest BCUT2D eigenvalue weighted by Gasteiger charge is 2.22. The monoisotopic (exact) mass is 486 g/mol. The molecule has 0 N–H and O–H groups in total. The zero-order valence-electron chi connectivity index (χ0n) is 20.5. The van der Waals surface area contributed by atoms with E-state index in [9.17, 15) is 9.59 Å². The quantitative estimate of drug-likeness (QED) is 0.311. The van der Waals surface area contributed by atoms with Crippen molar-refractivity contribution in [2.45, 2.75) is 65.7 Å². The lowest BCUT2D eigenvalue weighted by molar-refractivity contribution is -0.137. The summed E-state index contributed by atoms with van der Waals surface area (Å²) in [7, 11) is 0. The summed E-state index contributed by atoms with van der Waals surface area (Å²) in [5.41, 5.74) is 4.59. The Morgan fingerprint density at radius 2 is 1.85 bits per heavy atom. The average molecular weight is 487 g/mol. The summed E-state index contributed by atoms with van der Waals surface area (Å²) in [5.74, 6) is -0.439. The maximum absolute atomic E-state index is 13.0. The summed E-state index contributed by atoms with van der Waals surface area (Å²) in [6.45, 7) is 7.61. The number of allylic oxidation sites excluding steroid dienone is 3. The Labute approximate surface area is 207 Å². The molecule has 34 heavy (non-hydrogen) atoms. The second-order valence-corrected chi connectivity index (χ2v) is 9.46. The van der Waals surface area contributed by atoms with Gasteiger partial charge in [-0.3, -0.25) is 4.79 Å². The third-order valence-corrected chi connectivity index (χ3v) is 6.71. The van der Waals surface area contributed by atoms with Crippen LogP contribution in [0.2, 0.25) is 5.02 Å². The fourth-order valence-electron chi connectivity index (χ4n) is 4.39. The number of oxime groups is 1. The Morgan fingerprint density at radius 1 is 1.12 bits per heavy atom. The first-order valence-electron chi connectivity index (χ1n) is 12.1. The van der Waals surface area contributed by atoms with Gasteiger partial charge in [0.25, 0.3) is 5.91 Å². The molecule has 0 bridgehead atoms. The van der Waals surface area contributed by atoms with E-state index in [0.29, 0.717) is 41.3 Å². The van der Waals surface area contributed by atoms with Gasteiger partial charge in [-0.05, 0) is 82.1 Å². The molecular weight excluding hydrogens is 452 g/mol.